The van der Waals surface area contributed by atoms with E-state index in [1.165, 1.54) is 5.56 Å². The average Bonchev–Trinajstić information content (AvgIpc) is 3.44. The molecule has 0 bridgehead atoms. The molecular weight excluding hydrogens is 364 g/mol. The van der Waals surface area contributed by atoms with Crippen LogP contribution in [0.25, 0.3) is 0 Å². The van der Waals surface area contributed by atoms with Crippen LogP contribution in [-0.2, 0) is 12.2 Å². The summed E-state index contributed by atoms with van der Waals surface area (Å²) in [7, 11) is 0. The molecule has 0 aliphatic carbocycles. The Hall–Kier alpha value is -3.10. The number of guanidine groups is 1. The maximum Gasteiger partial charge on any atom is 0.218 e. The molecule has 3 aromatic rings. The normalized spacial score (nSPS) is 24.1. The number of nitrogens with two attached hydrogens (primary N) is 1. The van der Waals surface area contributed by atoms with Crippen molar-refractivity contribution >= 4 is 11.8 Å². The lowest BCUT2D eigenvalue weighted by atomic mass is 9.89. The number of aromatic amines is 1. The van der Waals surface area contributed by atoms with Crippen molar-refractivity contribution in [1.29, 1.82) is 0 Å². The van der Waals surface area contributed by atoms with Crippen molar-refractivity contribution in [3.8, 4) is 0 Å². The summed E-state index contributed by atoms with van der Waals surface area (Å²) in [6.45, 7) is 4.83. The van der Waals surface area contributed by atoms with E-state index in [0.717, 1.165) is 37.4 Å². The summed E-state index contributed by atoms with van der Waals surface area (Å²) in [5.74, 6) is 1.53. The third-order valence-corrected chi connectivity index (χ3v) is 5.78. The van der Waals surface area contributed by atoms with Crippen LogP contribution in [0.1, 0.15) is 23.4 Å². The number of fused-ring (bicyclic) bond motifs is 1. The molecule has 4 heterocycles. The summed E-state index contributed by atoms with van der Waals surface area (Å²) in [5.41, 5.74) is 12.7. The molecule has 8 heteroatoms. The van der Waals surface area contributed by atoms with E-state index in [1.807, 2.05) is 36.0 Å². The molecule has 1 aromatic carbocycles. The molecule has 0 radical (unpaired) electrons. The van der Waals surface area contributed by atoms with Crippen molar-refractivity contribution in [3.63, 3.8) is 0 Å². The van der Waals surface area contributed by atoms with Gasteiger partial charge in [-0.2, -0.15) is 5.10 Å². The summed E-state index contributed by atoms with van der Waals surface area (Å²) in [6, 6.07) is 16.6. The van der Waals surface area contributed by atoms with E-state index >= 15 is 0 Å². The largest absolute Gasteiger partial charge is 0.308 e. The van der Waals surface area contributed by atoms with E-state index in [9.17, 15) is 0 Å². The first-order chi connectivity index (χ1) is 14.1. The van der Waals surface area contributed by atoms with Crippen LogP contribution >= 0.6 is 0 Å². The zero-order chi connectivity index (χ0) is 19.8. The third kappa shape index (κ3) is 3.41. The fourth-order valence-corrected chi connectivity index (χ4v) is 4.32. The van der Waals surface area contributed by atoms with E-state index < -0.39 is 5.66 Å². The van der Waals surface area contributed by atoms with Gasteiger partial charge < -0.3 is 11.1 Å². The van der Waals surface area contributed by atoms with Gasteiger partial charge in [0.2, 0.25) is 5.96 Å². The van der Waals surface area contributed by atoms with E-state index in [4.69, 9.17) is 10.7 Å². The van der Waals surface area contributed by atoms with Gasteiger partial charge in [0, 0.05) is 37.0 Å². The Labute approximate surface area is 169 Å². The second-order valence-electron chi connectivity index (χ2n) is 7.93. The molecule has 0 spiro atoms. The zero-order valence-electron chi connectivity index (χ0n) is 16.5. The predicted octanol–water partition coefficient (Wildman–Crippen LogP) is 2.18. The first kappa shape index (κ1) is 18.0. The second kappa shape index (κ2) is 7.06. The van der Waals surface area contributed by atoms with Crippen LogP contribution in [0.4, 0.5) is 5.82 Å². The average molecular weight is 390 g/mol. The van der Waals surface area contributed by atoms with Crippen LogP contribution in [0.15, 0.2) is 59.7 Å². The fourth-order valence-electron chi connectivity index (χ4n) is 4.32. The number of rotatable bonds is 4. The highest BCUT2D eigenvalue weighted by Crippen LogP contribution is 2.37. The van der Waals surface area contributed by atoms with Crippen LogP contribution in [0.5, 0.6) is 0 Å². The highest BCUT2D eigenvalue weighted by Gasteiger charge is 2.44. The Kier molecular flexibility index (Phi) is 4.37. The number of aryl methyl sites for hydroxylation is 1. The molecule has 2 unspecified atom stereocenters. The minimum atomic E-state index is -0.798. The SMILES string of the molecule is Cc1cc(NC2=NC(N)(C3CCN(Cc4ccccc4)C3)c3cccn3N2)n[nH]1. The number of nitrogens with one attached hydrogen (secondary N) is 3. The number of likely N-dealkylation sites (tertiary alicyclic amines) is 1. The number of H-pyrrole nitrogens is 1. The molecular formula is C21H26N8. The van der Waals surface area contributed by atoms with Crippen molar-refractivity contribution in [2.75, 3.05) is 23.8 Å². The number of hydrogen-bond acceptors (Lipinski definition) is 6. The van der Waals surface area contributed by atoms with E-state index in [2.05, 4.69) is 56.2 Å². The molecule has 29 heavy (non-hydrogen) atoms. The van der Waals surface area contributed by atoms with Crippen molar-refractivity contribution in [1.82, 2.24) is 19.8 Å². The van der Waals surface area contributed by atoms with Crippen molar-refractivity contribution in [2.24, 2.45) is 16.6 Å². The van der Waals surface area contributed by atoms with Crippen LogP contribution in [0.3, 0.4) is 0 Å². The van der Waals surface area contributed by atoms with Gasteiger partial charge in [0.05, 0.1) is 5.69 Å². The van der Waals surface area contributed by atoms with E-state index in [-0.39, 0.29) is 5.92 Å². The number of hydrogen-bond donors (Lipinski definition) is 4. The summed E-state index contributed by atoms with van der Waals surface area (Å²) in [5, 5.41) is 10.4. The molecule has 150 valence electrons. The highest BCUT2D eigenvalue weighted by atomic mass is 15.5. The number of nitrogens with zero attached hydrogens (tertiary/aromatic N) is 4. The van der Waals surface area contributed by atoms with Gasteiger partial charge in [-0.3, -0.25) is 20.1 Å². The number of aromatic nitrogens is 3. The summed E-state index contributed by atoms with van der Waals surface area (Å²) in [6.07, 6.45) is 2.98. The number of aliphatic imine (C=N–C) groups is 1. The van der Waals surface area contributed by atoms with Gasteiger partial charge in [-0.15, -0.1) is 0 Å². The molecule has 5 rings (SSSR count). The van der Waals surface area contributed by atoms with Crippen molar-refractivity contribution < 1.29 is 0 Å². The summed E-state index contributed by atoms with van der Waals surface area (Å²) in [4.78, 5) is 7.39. The monoisotopic (exact) mass is 390 g/mol. The maximum absolute atomic E-state index is 6.98. The molecule has 1 saturated heterocycles. The molecule has 0 amide bonds. The topological polar surface area (TPSA) is 99.3 Å². The molecule has 0 saturated carbocycles. The molecule has 2 aliphatic heterocycles. The Balaban J connectivity index is 1.38. The van der Waals surface area contributed by atoms with Gasteiger partial charge in [0.1, 0.15) is 0 Å². The Morgan fingerprint density at radius 1 is 1.24 bits per heavy atom. The minimum Gasteiger partial charge on any atom is -0.308 e. The van der Waals surface area contributed by atoms with Crippen LogP contribution in [0, 0.1) is 12.8 Å². The third-order valence-electron chi connectivity index (χ3n) is 5.78. The molecule has 2 aromatic heterocycles. The molecule has 8 nitrogen and oxygen atoms in total. The van der Waals surface area contributed by atoms with Crippen molar-refractivity contribution in [3.05, 3.63) is 71.7 Å². The summed E-state index contributed by atoms with van der Waals surface area (Å²) < 4.78 is 1.95. The first-order valence-corrected chi connectivity index (χ1v) is 9.99. The highest BCUT2D eigenvalue weighted by molar-refractivity contribution is 5.99. The van der Waals surface area contributed by atoms with Crippen LogP contribution in [0.2, 0.25) is 0 Å². The quantitative estimate of drug-likeness (QED) is 0.547. The smallest absolute Gasteiger partial charge is 0.218 e. The van der Waals surface area contributed by atoms with Crippen LogP contribution < -0.4 is 16.5 Å². The Bertz CT molecular complexity index is 1020. The standard InChI is InChI=1S/C21H26N8/c1-15-12-19(26-25-15)23-20-24-21(22,18-8-5-10-29(18)27-20)17-9-11-28(14-17)13-16-6-3-2-4-7-16/h2-8,10,12,17H,9,11,13-14,22H2,1H3,(H3,23,24,25,26,27). The van der Waals surface area contributed by atoms with Gasteiger partial charge in [0.25, 0.3) is 0 Å². The number of benzene rings is 1. The Morgan fingerprint density at radius 3 is 2.90 bits per heavy atom. The lowest BCUT2D eigenvalue weighted by Gasteiger charge is -2.37. The zero-order valence-corrected chi connectivity index (χ0v) is 16.5. The lowest BCUT2D eigenvalue weighted by molar-refractivity contribution is 0.247. The molecule has 5 N–H and O–H groups in total. The Morgan fingerprint density at radius 2 is 2.10 bits per heavy atom. The minimum absolute atomic E-state index is 0.222. The van der Waals surface area contributed by atoms with Crippen LogP contribution in [-0.4, -0.2) is 38.8 Å². The fraction of sp³-hybridized carbons (Fsp3) is 0.333. The van der Waals surface area contributed by atoms with Gasteiger partial charge >= 0.3 is 0 Å². The van der Waals surface area contributed by atoms with Gasteiger partial charge in [-0.05, 0) is 37.6 Å². The van der Waals surface area contributed by atoms with Gasteiger partial charge in [0.15, 0.2) is 11.5 Å². The molecule has 1 fully saturated rings. The molecule has 2 aliphatic rings. The first-order valence-electron chi connectivity index (χ1n) is 9.99. The number of anilines is 1. The maximum atomic E-state index is 6.98. The van der Waals surface area contributed by atoms with Gasteiger partial charge in [-0.25, -0.2) is 4.99 Å². The van der Waals surface area contributed by atoms with Gasteiger partial charge in [-0.1, -0.05) is 30.3 Å². The van der Waals surface area contributed by atoms with E-state index in [1.54, 1.807) is 0 Å². The lowest BCUT2D eigenvalue weighted by Crippen LogP contribution is -2.52. The van der Waals surface area contributed by atoms with Crippen molar-refractivity contribution in [2.45, 2.75) is 25.6 Å². The summed E-state index contributed by atoms with van der Waals surface area (Å²) >= 11 is 0. The van der Waals surface area contributed by atoms with E-state index in [0.29, 0.717) is 11.8 Å². The predicted molar refractivity (Wildman–Crippen MR) is 114 cm³/mol. The second-order valence-corrected chi connectivity index (χ2v) is 7.93. The molecule has 2 atom stereocenters.